The molecule has 0 heterocycles. The maximum absolute atomic E-state index is 12.9. The van der Waals surface area contributed by atoms with Gasteiger partial charge in [-0.1, -0.05) is 72.3 Å². The first-order valence-corrected chi connectivity index (χ1v) is 9.15. The van der Waals surface area contributed by atoms with Gasteiger partial charge in [-0.05, 0) is 30.7 Å². The first-order valence-electron chi connectivity index (χ1n) is 8.77. The van der Waals surface area contributed by atoms with Crippen LogP contribution in [0.2, 0.25) is 5.02 Å². The minimum Gasteiger partial charge on any atom is -0.482 e. The molecule has 142 valence electrons. The standard InChI is InChI=1S/C23H19ClO4/c1-16-7-5-6-10-20(16)27-15-21(25)28-23(18-11-13-19(24)14-12-18)22(26)17-8-3-2-4-9-17/h2-14,23H,15H2,1H3. The lowest BCUT2D eigenvalue weighted by Crippen LogP contribution is -2.23. The molecular weight excluding hydrogens is 376 g/mol. The molecule has 4 nitrogen and oxygen atoms in total. The van der Waals surface area contributed by atoms with Gasteiger partial charge in [0.25, 0.3) is 0 Å². The Bertz CT molecular complexity index is 952. The quantitative estimate of drug-likeness (QED) is 0.408. The molecule has 28 heavy (non-hydrogen) atoms. The van der Waals surface area contributed by atoms with Gasteiger partial charge in [-0.25, -0.2) is 4.79 Å². The van der Waals surface area contributed by atoms with Gasteiger partial charge in [-0.2, -0.15) is 0 Å². The fraction of sp³-hybridized carbons (Fsp3) is 0.130. The predicted octanol–water partition coefficient (Wildman–Crippen LogP) is 5.19. The maximum atomic E-state index is 12.9. The normalized spacial score (nSPS) is 11.5. The van der Waals surface area contributed by atoms with Crippen molar-refractivity contribution in [3.05, 3.63) is 101 Å². The number of halogens is 1. The van der Waals surface area contributed by atoms with E-state index in [-0.39, 0.29) is 12.4 Å². The molecule has 0 N–H and O–H groups in total. The fourth-order valence-electron chi connectivity index (χ4n) is 2.68. The summed E-state index contributed by atoms with van der Waals surface area (Å²) in [6.45, 7) is 1.59. The lowest BCUT2D eigenvalue weighted by atomic mass is 10.00. The number of para-hydroxylation sites is 1. The number of ketones is 1. The first kappa shape index (κ1) is 19.6. The van der Waals surface area contributed by atoms with E-state index < -0.39 is 12.1 Å². The number of carbonyl (C=O) groups is 2. The number of hydrogen-bond donors (Lipinski definition) is 0. The van der Waals surface area contributed by atoms with Gasteiger partial charge < -0.3 is 9.47 Å². The highest BCUT2D eigenvalue weighted by atomic mass is 35.5. The van der Waals surface area contributed by atoms with Gasteiger partial charge in [0.1, 0.15) is 5.75 Å². The Morgan fingerprint density at radius 2 is 1.54 bits per heavy atom. The molecule has 3 rings (SSSR count). The van der Waals surface area contributed by atoms with Crippen molar-refractivity contribution >= 4 is 23.4 Å². The van der Waals surface area contributed by atoms with Crippen LogP contribution >= 0.6 is 11.6 Å². The molecule has 0 aliphatic heterocycles. The van der Waals surface area contributed by atoms with Crippen molar-refractivity contribution in [2.75, 3.05) is 6.61 Å². The third kappa shape index (κ3) is 4.99. The number of benzene rings is 3. The van der Waals surface area contributed by atoms with E-state index in [1.807, 2.05) is 31.2 Å². The Morgan fingerprint density at radius 1 is 0.893 bits per heavy atom. The van der Waals surface area contributed by atoms with Crippen molar-refractivity contribution in [2.45, 2.75) is 13.0 Å². The molecule has 3 aromatic carbocycles. The van der Waals surface area contributed by atoms with Crippen molar-refractivity contribution in [3.63, 3.8) is 0 Å². The summed E-state index contributed by atoms with van der Waals surface area (Å²) >= 11 is 5.94. The number of ether oxygens (including phenoxy) is 2. The van der Waals surface area contributed by atoms with Crippen molar-refractivity contribution in [1.82, 2.24) is 0 Å². The summed E-state index contributed by atoms with van der Waals surface area (Å²) < 4.78 is 11.0. The van der Waals surface area contributed by atoms with Crippen molar-refractivity contribution in [1.29, 1.82) is 0 Å². The second kappa shape index (κ2) is 9.20. The topological polar surface area (TPSA) is 52.6 Å². The van der Waals surface area contributed by atoms with Crippen molar-refractivity contribution in [3.8, 4) is 5.75 Å². The van der Waals surface area contributed by atoms with E-state index >= 15 is 0 Å². The van der Waals surface area contributed by atoms with Crippen LogP contribution in [0.4, 0.5) is 0 Å². The molecule has 0 fully saturated rings. The zero-order valence-corrected chi connectivity index (χ0v) is 16.1. The lowest BCUT2D eigenvalue weighted by molar-refractivity contribution is -0.149. The second-order valence-corrected chi connectivity index (χ2v) is 6.64. The second-order valence-electron chi connectivity index (χ2n) is 6.21. The Balaban J connectivity index is 1.77. The summed E-state index contributed by atoms with van der Waals surface area (Å²) in [4.78, 5) is 25.3. The molecule has 0 aliphatic carbocycles. The summed E-state index contributed by atoms with van der Waals surface area (Å²) in [5.74, 6) is -0.350. The molecule has 0 amide bonds. The smallest absolute Gasteiger partial charge is 0.345 e. The molecule has 5 heteroatoms. The number of rotatable bonds is 7. The zero-order chi connectivity index (χ0) is 19.9. The number of esters is 1. The van der Waals surface area contributed by atoms with Gasteiger partial charge in [0.2, 0.25) is 5.78 Å². The number of Topliss-reactive ketones (excluding diaryl/α,β-unsaturated/α-hetero) is 1. The Morgan fingerprint density at radius 3 is 2.21 bits per heavy atom. The van der Waals surface area contributed by atoms with E-state index in [0.717, 1.165) is 5.56 Å². The highest BCUT2D eigenvalue weighted by Gasteiger charge is 2.26. The minimum absolute atomic E-state index is 0.295. The van der Waals surface area contributed by atoms with E-state index in [1.165, 1.54) is 0 Å². The summed E-state index contributed by atoms with van der Waals surface area (Å²) in [7, 11) is 0. The average Bonchev–Trinajstić information content (AvgIpc) is 2.72. The van der Waals surface area contributed by atoms with Crippen LogP contribution in [-0.2, 0) is 9.53 Å². The number of aryl methyl sites for hydroxylation is 1. The molecule has 3 aromatic rings. The number of hydrogen-bond acceptors (Lipinski definition) is 4. The molecule has 0 radical (unpaired) electrons. The summed E-state index contributed by atoms with van der Waals surface area (Å²) in [5.41, 5.74) is 1.91. The Hall–Kier alpha value is -3.11. The molecule has 0 spiro atoms. The average molecular weight is 395 g/mol. The van der Waals surface area contributed by atoms with Gasteiger partial charge >= 0.3 is 5.97 Å². The van der Waals surface area contributed by atoms with Gasteiger partial charge in [0.05, 0.1) is 0 Å². The molecule has 0 saturated carbocycles. The molecule has 1 atom stereocenters. The van der Waals surface area contributed by atoms with Crippen molar-refractivity contribution < 1.29 is 19.1 Å². The third-order valence-electron chi connectivity index (χ3n) is 4.16. The highest BCUT2D eigenvalue weighted by Crippen LogP contribution is 2.25. The SMILES string of the molecule is Cc1ccccc1OCC(=O)OC(C(=O)c1ccccc1)c1ccc(Cl)cc1. The van der Waals surface area contributed by atoms with E-state index in [1.54, 1.807) is 54.6 Å². The molecule has 0 saturated heterocycles. The summed E-state index contributed by atoms with van der Waals surface area (Å²) in [5, 5.41) is 0.531. The fourth-order valence-corrected chi connectivity index (χ4v) is 2.81. The van der Waals surface area contributed by atoms with Crippen LogP contribution < -0.4 is 4.74 Å². The number of carbonyl (C=O) groups excluding carboxylic acids is 2. The van der Waals surface area contributed by atoms with Crippen LogP contribution in [0.5, 0.6) is 5.75 Å². The zero-order valence-electron chi connectivity index (χ0n) is 15.3. The van der Waals surface area contributed by atoms with Crippen molar-refractivity contribution in [2.24, 2.45) is 0 Å². The van der Waals surface area contributed by atoms with Gasteiger partial charge in [-0.3, -0.25) is 4.79 Å². The van der Waals surface area contributed by atoms with Crippen LogP contribution in [0.1, 0.15) is 27.6 Å². The third-order valence-corrected chi connectivity index (χ3v) is 4.41. The van der Waals surface area contributed by atoms with E-state index in [0.29, 0.717) is 21.9 Å². The van der Waals surface area contributed by atoms with Gasteiger partial charge in [0.15, 0.2) is 12.7 Å². The molecule has 0 aromatic heterocycles. The highest BCUT2D eigenvalue weighted by molar-refractivity contribution is 6.30. The minimum atomic E-state index is -1.08. The summed E-state index contributed by atoms with van der Waals surface area (Å²) in [6.07, 6.45) is -1.08. The van der Waals surface area contributed by atoms with E-state index in [4.69, 9.17) is 21.1 Å². The first-order chi connectivity index (χ1) is 13.5. The maximum Gasteiger partial charge on any atom is 0.345 e. The molecule has 1 unspecified atom stereocenters. The monoisotopic (exact) mass is 394 g/mol. The predicted molar refractivity (Wildman–Crippen MR) is 108 cm³/mol. The van der Waals surface area contributed by atoms with Crippen LogP contribution in [0.25, 0.3) is 0 Å². The molecule has 0 aliphatic rings. The summed E-state index contributed by atoms with van der Waals surface area (Å²) in [6, 6.07) is 22.7. The van der Waals surface area contributed by atoms with Crippen LogP contribution in [0.15, 0.2) is 78.9 Å². The Labute approximate surface area is 168 Å². The van der Waals surface area contributed by atoms with Crippen LogP contribution in [0, 0.1) is 6.92 Å². The largest absolute Gasteiger partial charge is 0.482 e. The van der Waals surface area contributed by atoms with Gasteiger partial charge in [-0.15, -0.1) is 0 Å². The van der Waals surface area contributed by atoms with Crippen LogP contribution in [0.3, 0.4) is 0 Å². The lowest BCUT2D eigenvalue weighted by Gasteiger charge is -2.18. The van der Waals surface area contributed by atoms with Gasteiger partial charge in [0, 0.05) is 16.1 Å². The van der Waals surface area contributed by atoms with E-state index in [2.05, 4.69) is 0 Å². The van der Waals surface area contributed by atoms with Crippen LogP contribution in [-0.4, -0.2) is 18.4 Å². The molecule has 0 bridgehead atoms. The molecular formula is C23H19ClO4. The van der Waals surface area contributed by atoms with E-state index in [9.17, 15) is 9.59 Å². The Kier molecular flexibility index (Phi) is 6.45.